The van der Waals surface area contributed by atoms with Gasteiger partial charge in [0.25, 0.3) is 0 Å². The lowest BCUT2D eigenvalue weighted by atomic mass is 10.1. The second-order valence-corrected chi connectivity index (χ2v) is 6.08. The maximum Gasteiger partial charge on any atom is 0.128 e. The third kappa shape index (κ3) is 5.28. The number of fused-ring (bicyclic) bond motifs is 1. The fraction of sp³-hybridized carbons (Fsp3) is 0.286. The van der Waals surface area contributed by atoms with Crippen molar-refractivity contribution in [2.45, 2.75) is 18.9 Å². The van der Waals surface area contributed by atoms with Crippen molar-refractivity contribution in [1.29, 1.82) is 0 Å². The summed E-state index contributed by atoms with van der Waals surface area (Å²) in [6.45, 7) is 1.67. The molecule has 0 aliphatic heterocycles. The lowest BCUT2D eigenvalue weighted by Crippen LogP contribution is -2.32. The van der Waals surface area contributed by atoms with Crippen LogP contribution in [0, 0.1) is 0 Å². The van der Waals surface area contributed by atoms with E-state index in [1.54, 1.807) is 6.20 Å². The molecule has 3 rings (SSSR count). The van der Waals surface area contributed by atoms with E-state index in [-0.39, 0.29) is 6.61 Å². The quantitative estimate of drug-likeness (QED) is 0.589. The Balaban J connectivity index is 1.37. The Labute approximate surface area is 148 Å². The van der Waals surface area contributed by atoms with Crippen LogP contribution < -0.4 is 10.1 Å². The first-order valence-corrected chi connectivity index (χ1v) is 8.72. The van der Waals surface area contributed by atoms with Crippen molar-refractivity contribution in [2.24, 2.45) is 0 Å². The molecule has 0 saturated carbocycles. The highest BCUT2D eigenvalue weighted by molar-refractivity contribution is 5.84. The molecule has 0 aliphatic rings. The predicted octanol–water partition coefficient (Wildman–Crippen LogP) is 3.20. The molecule has 0 aliphatic carbocycles. The van der Waals surface area contributed by atoms with Gasteiger partial charge in [-0.25, -0.2) is 0 Å². The van der Waals surface area contributed by atoms with Gasteiger partial charge in [0, 0.05) is 18.1 Å². The van der Waals surface area contributed by atoms with Gasteiger partial charge in [-0.1, -0.05) is 36.4 Å². The molecule has 1 aromatic heterocycles. The maximum absolute atomic E-state index is 10.1. The topological polar surface area (TPSA) is 54.4 Å². The van der Waals surface area contributed by atoms with Crippen LogP contribution >= 0.6 is 0 Å². The number of aromatic nitrogens is 1. The molecule has 4 heteroatoms. The summed E-state index contributed by atoms with van der Waals surface area (Å²) in [4.78, 5) is 4.31. The van der Waals surface area contributed by atoms with Crippen molar-refractivity contribution >= 4 is 10.9 Å². The molecule has 2 aromatic carbocycles. The molecule has 25 heavy (non-hydrogen) atoms. The zero-order chi connectivity index (χ0) is 17.3. The van der Waals surface area contributed by atoms with E-state index in [1.165, 1.54) is 5.56 Å². The highest BCUT2D eigenvalue weighted by Gasteiger charge is 2.07. The van der Waals surface area contributed by atoms with Gasteiger partial charge >= 0.3 is 0 Å². The molecule has 0 radical (unpaired) electrons. The molecule has 1 atom stereocenters. The van der Waals surface area contributed by atoms with Crippen LogP contribution in [0.25, 0.3) is 10.9 Å². The van der Waals surface area contributed by atoms with E-state index in [4.69, 9.17) is 4.74 Å². The lowest BCUT2D eigenvalue weighted by molar-refractivity contribution is 0.107. The monoisotopic (exact) mass is 336 g/mol. The summed E-state index contributed by atoms with van der Waals surface area (Å²) in [5.74, 6) is 0.758. The Morgan fingerprint density at radius 3 is 2.76 bits per heavy atom. The van der Waals surface area contributed by atoms with Crippen molar-refractivity contribution in [3.05, 3.63) is 72.4 Å². The number of nitrogens with one attached hydrogen (secondary N) is 1. The minimum absolute atomic E-state index is 0.264. The number of pyridine rings is 1. The van der Waals surface area contributed by atoms with Gasteiger partial charge in [0.1, 0.15) is 18.5 Å². The third-order valence-corrected chi connectivity index (χ3v) is 4.08. The number of aliphatic hydroxyl groups is 1. The maximum atomic E-state index is 10.1. The summed E-state index contributed by atoms with van der Waals surface area (Å²) < 4.78 is 5.78. The van der Waals surface area contributed by atoms with Crippen LogP contribution in [0.15, 0.2) is 66.9 Å². The van der Waals surface area contributed by atoms with Gasteiger partial charge < -0.3 is 15.2 Å². The van der Waals surface area contributed by atoms with Crippen LogP contribution in [0.4, 0.5) is 0 Å². The van der Waals surface area contributed by atoms with Gasteiger partial charge in [0.2, 0.25) is 0 Å². The van der Waals surface area contributed by atoms with Crippen molar-refractivity contribution in [1.82, 2.24) is 10.3 Å². The van der Waals surface area contributed by atoms with Gasteiger partial charge in [0.15, 0.2) is 0 Å². The largest absolute Gasteiger partial charge is 0.490 e. The van der Waals surface area contributed by atoms with Crippen LogP contribution in [-0.2, 0) is 6.42 Å². The first-order chi connectivity index (χ1) is 12.3. The average Bonchev–Trinajstić information content (AvgIpc) is 2.67. The second-order valence-electron chi connectivity index (χ2n) is 6.08. The SMILES string of the molecule is O[C@@H](CNCCCc1ccccc1)COc1cccc2ncccc12. The Morgan fingerprint density at radius 1 is 1.00 bits per heavy atom. The van der Waals surface area contributed by atoms with Crippen molar-refractivity contribution < 1.29 is 9.84 Å². The van der Waals surface area contributed by atoms with Gasteiger partial charge in [0.05, 0.1) is 5.52 Å². The predicted molar refractivity (Wildman–Crippen MR) is 101 cm³/mol. The first kappa shape index (κ1) is 17.4. The van der Waals surface area contributed by atoms with E-state index < -0.39 is 6.10 Å². The third-order valence-electron chi connectivity index (χ3n) is 4.08. The summed E-state index contributed by atoms with van der Waals surface area (Å²) in [6, 6.07) is 20.1. The summed E-state index contributed by atoms with van der Waals surface area (Å²) in [7, 11) is 0. The molecule has 2 N–H and O–H groups in total. The van der Waals surface area contributed by atoms with Crippen LogP contribution in [0.2, 0.25) is 0 Å². The summed E-state index contributed by atoms with van der Waals surface area (Å²) in [6.07, 6.45) is 3.32. The van der Waals surface area contributed by atoms with Crippen molar-refractivity contribution in [3.8, 4) is 5.75 Å². The fourth-order valence-corrected chi connectivity index (χ4v) is 2.78. The van der Waals surface area contributed by atoms with E-state index in [0.29, 0.717) is 6.54 Å². The molecule has 0 saturated heterocycles. The van der Waals surface area contributed by atoms with Crippen molar-refractivity contribution in [2.75, 3.05) is 19.7 Å². The number of ether oxygens (including phenoxy) is 1. The van der Waals surface area contributed by atoms with Gasteiger partial charge in [-0.15, -0.1) is 0 Å². The van der Waals surface area contributed by atoms with E-state index in [1.807, 2.05) is 36.4 Å². The van der Waals surface area contributed by atoms with Gasteiger partial charge in [-0.2, -0.15) is 0 Å². The molecule has 0 amide bonds. The Bertz CT molecular complexity index is 772. The standard InChI is InChI=1S/C21H24N2O2/c24-18(15-22-13-5-9-17-7-2-1-3-8-17)16-25-21-12-4-11-20-19(21)10-6-14-23-20/h1-4,6-8,10-12,14,18,22,24H,5,9,13,15-16H2/t18-/m0/s1. The number of hydrogen-bond donors (Lipinski definition) is 2. The molecule has 130 valence electrons. The van der Waals surface area contributed by atoms with Crippen LogP contribution in [-0.4, -0.2) is 35.9 Å². The summed E-state index contributed by atoms with van der Waals surface area (Å²) in [5.41, 5.74) is 2.24. The van der Waals surface area contributed by atoms with E-state index >= 15 is 0 Å². The Morgan fingerprint density at radius 2 is 1.88 bits per heavy atom. The smallest absolute Gasteiger partial charge is 0.128 e. The van der Waals surface area contributed by atoms with Crippen LogP contribution in [0.5, 0.6) is 5.75 Å². The Hall–Kier alpha value is -2.43. The number of nitrogens with zero attached hydrogens (tertiary/aromatic N) is 1. The van der Waals surface area contributed by atoms with E-state index in [2.05, 4.69) is 34.6 Å². The minimum atomic E-state index is -0.538. The number of hydrogen-bond acceptors (Lipinski definition) is 4. The highest BCUT2D eigenvalue weighted by Crippen LogP contribution is 2.23. The second kappa shape index (κ2) is 9.16. The van der Waals surface area contributed by atoms with Gasteiger partial charge in [-0.3, -0.25) is 4.98 Å². The summed E-state index contributed by atoms with van der Waals surface area (Å²) >= 11 is 0. The fourth-order valence-electron chi connectivity index (χ4n) is 2.78. The lowest BCUT2D eigenvalue weighted by Gasteiger charge is -2.14. The van der Waals surface area contributed by atoms with Gasteiger partial charge in [-0.05, 0) is 49.2 Å². The number of benzene rings is 2. The molecule has 3 aromatic rings. The molecule has 0 bridgehead atoms. The van der Waals surface area contributed by atoms with Crippen molar-refractivity contribution in [3.63, 3.8) is 0 Å². The molecule has 0 fully saturated rings. The van der Waals surface area contributed by atoms with E-state index in [0.717, 1.165) is 36.0 Å². The van der Waals surface area contributed by atoms with Crippen LogP contribution in [0.1, 0.15) is 12.0 Å². The molecule has 1 heterocycles. The molecule has 4 nitrogen and oxygen atoms in total. The minimum Gasteiger partial charge on any atom is -0.490 e. The van der Waals surface area contributed by atoms with E-state index in [9.17, 15) is 5.11 Å². The van der Waals surface area contributed by atoms with Crippen LogP contribution in [0.3, 0.4) is 0 Å². The number of aryl methyl sites for hydroxylation is 1. The zero-order valence-corrected chi connectivity index (χ0v) is 14.3. The highest BCUT2D eigenvalue weighted by atomic mass is 16.5. The Kier molecular flexibility index (Phi) is 6.37. The molecular weight excluding hydrogens is 312 g/mol. The first-order valence-electron chi connectivity index (χ1n) is 8.72. The number of aliphatic hydroxyl groups excluding tert-OH is 1. The number of rotatable bonds is 9. The molecule has 0 spiro atoms. The molecule has 0 unspecified atom stereocenters. The molecular formula is C21H24N2O2. The normalized spacial score (nSPS) is 12.2. The average molecular weight is 336 g/mol. The zero-order valence-electron chi connectivity index (χ0n) is 14.3. The summed E-state index contributed by atoms with van der Waals surface area (Å²) in [5, 5.41) is 14.3.